The third-order valence-corrected chi connectivity index (χ3v) is 4.53. The molecule has 7 heteroatoms. The van der Waals surface area contributed by atoms with Crippen molar-refractivity contribution < 1.29 is 23.5 Å². The van der Waals surface area contributed by atoms with Crippen LogP contribution in [0.3, 0.4) is 0 Å². The second-order valence-electron chi connectivity index (χ2n) is 6.11. The van der Waals surface area contributed by atoms with Gasteiger partial charge in [0.25, 0.3) is 6.01 Å². The Morgan fingerprint density at radius 1 is 1.21 bits per heavy atom. The van der Waals surface area contributed by atoms with Crippen molar-refractivity contribution in [3.63, 3.8) is 0 Å². The highest BCUT2D eigenvalue weighted by molar-refractivity contribution is 5.81. The van der Waals surface area contributed by atoms with Gasteiger partial charge in [0.05, 0.1) is 12.5 Å². The third-order valence-electron chi connectivity index (χ3n) is 4.53. The number of aromatic nitrogens is 1. The van der Waals surface area contributed by atoms with Crippen LogP contribution in [0.15, 0.2) is 28.7 Å². The van der Waals surface area contributed by atoms with Gasteiger partial charge in [0, 0.05) is 19.5 Å². The van der Waals surface area contributed by atoms with Crippen molar-refractivity contribution in [2.24, 2.45) is 5.92 Å². The molecule has 0 amide bonds. The molecular weight excluding hydrogens is 312 g/mol. The lowest BCUT2D eigenvalue weighted by Gasteiger charge is -2.29. The van der Waals surface area contributed by atoms with Crippen molar-refractivity contribution in [3.8, 4) is 0 Å². The molecule has 126 valence electrons. The average molecular weight is 330 g/mol. The van der Waals surface area contributed by atoms with Crippen LogP contribution >= 0.6 is 0 Å². The van der Waals surface area contributed by atoms with Crippen molar-refractivity contribution >= 4 is 29.1 Å². The van der Waals surface area contributed by atoms with Crippen molar-refractivity contribution in [2.45, 2.75) is 25.4 Å². The molecule has 2 aliphatic rings. The van der Waals surface area contributed by atoms with E-state index in [0.29, 0.717) is 45.0 Å². The van der Waals surface area contributed by atoms with Crippen LogP contribution < -0.4 is 4.90 Å². The van der Waals surface area contributed by atoms with Crippen molar-refractivity contribution in [1.82, 2.24) is 4.98 Å². The summed E-state index contributed by atoms with van der Waals surface area (Å²) in [6.07, 6.45) is 1.03. The van der Waals surface area contributed by atoms with Crippen LogP contribution in [0.1, 0.15) is 19.3 Å². The maximum absolute atomic E-state index is 12.2. The zero-order valence-corrected chi connectivity index (χ0v) is 13.1. The molecule has 0 aliphatic carbocycles. The van der Waals surface area contributed by atoms with Gasteiger partial charge in [-0.15, -0.1) is 0 Å². The number of ether oxygens (including phenoxy) is 2. The Morgan fingerprint density at radius 3 is 2.71 bits per heavy atom. The number of oxazole rings is 1. The van der Waals surface area contributed by atoms with E-state index < -0.39 is 12.1 Å². The molecule has 1 aromatic heterocycles. The first-order valence-electron chi connectivity index (χ1n) is 8.18. The molecular formula is C17H18N2O5. The second kappa shape index (κ2) is 6.14. The maximum Gasteiger partial charge on any atom is 0.347 e. The fourth-order valence-corrected chi connectivity index (χ4v) is 3.12. The number of anilines is 1. The van der Waals surface area contributed by atoms with Crippen LogP contribution in [0.2, 0.25) is 0 Å². The normalized spacial score (nSPS) is 21.9. The number of carbonyl (C=O) groups excluding carboxylic acids is 2. The first kappa shape index (κ1) is 15.0. The lowest BCUT2D eigenvalue weighted by atomic mass is 9.97. The number of hydrogen-bond donors (Lipinski definition) is 0. The molecule has 2 aromatic rings. The molecule has 0 radical (unpaired) electrons. The SMILES string of the molecule is O=C(O[C@H]1CCOC1=O)C1CCN(c2nc3ccccc3o2)CC1. The number of fused-ring (bicyclic) bond motifs is 1. The van der Waals surface area contributed by atoms with Crippen molar-refractivity contribution in [2.75, 3.05) is 24.6 Å². The lowest BCUT2D eigenvalue weighted by molar-refractivity contribution is -0.163. The van der Waals surface area contributed by atoms with E-state index in [2.05, 4.69) is 4.98 Å². The molecule has 0 saturated carbocycles. The molecule has 3 heterocycles. The summed E-state index contributed by atoms with van der Waals surface area (Å²) in [6, 6.07) is 8.21. The molecule has 0 unspecified atom stereocenters. The molecule has 2 saturated heterocycles. The summed E-state index contributed by atoms with van der Waals surface area (Å²) in [4.78, 5) is 30.1. The molecule has 24 heavy (non-hydrogen) atoms. The number of esters is 2. The summed E-state index contributed by atoms with van der Waals surface area (Å²) in [5.41, 5.74) is 1.59. The fourth-order valence-electron chi connectivity index (χ4n) is 3.12. The number of carbonyl (C=O) groups is 2. The number of cyclic esters (lactones) is 1. The van der Waals surface area contributed by atoms with Gasteiger partial charge in [0.15, 0.2) is 5.58 Å². The summed E-state index contributed by atoms with van der Waals surface area (Å²) in [5, 5.41) is 0. The summed E-state index contributed by atoms with van der Waals surface area (Å²) in [6.45, 7) is 1.66. The van der Waals surface area contributed by atoms with Crippen LogP contribution in [0.5, 0.6) is 0 Å². The van der Waals surface area contributed by atoms with Crippen LogP contribution in [0.25, 0.3) is 11.1 Å². The highest BCUT2D eigenvalue weighted by Crippen LogP contribution is 2.27. The third kappa shape index (κ3) is 2.81. The topological polar surface area (TPSA) is 81.9 Å². The van der Waals surface area contributed by atoms with Gasteiger partial charge in [0.1, 0.15) is 5.52 Å². The summed E-state index contributed by atoms with van der Waals surface area (Å²) < 4.78 is 15.9. The quantitative estimate of drug-likeness (QED) is 0.795. The van der Waals surface area contributed by atoms with Gasteiger partial charge in [0.2, 0.25) is 6.10 Å². The summed E-state index contributed by atoms with van der Waals surface area (Å²) in [5.74, 6) is -0.942. The lowest BCUT2D eigenvalue weighted by Crippen LogP contribution is -2.38. The van der Waals surface area contributed by atoms with Gasteiger partial charge < -0.3 is 18.8 Å². The Bertz CT molecular complexity index is 730. The molecule has 1 aromatic carbocycles. The Labute approximate surface area is 138 Å². The molecule has 0 N–H and O–H groups in total. The van der Waals surface area contributed by atoms with Gasteiger partial charge >= 0.3 is 11.9 Å². The zero-order chi connectivity index (χ0) is 16.5. The molecule has 0 bridgehead atoms. The zero-order valence-electron chi connectivity index (χ0n) is 13.1. The van der Waals surface area contributed by atoms with E-state index in [9.17, 15) is 9.59 Å². The summed E-state index contributed by atoms with van der Waals surface area (Å²) in [7, 11) is 0. The highest BCUT2D eigenvalue weighted by Gasteiger charge is 2.34. The number of hydrogen-bond acceptors (Lipinski definition) is 7. The molecule has 4 rings (SSSR count). The van der Waals surface area contributed by atoms with Crippen LogP contribution in [-0.4, -0.2) is 42.7 Å². The highest BCUT2D eigenvalue weighted by atomic mass is 16.6. The van der Waals surface area contributed by atoms with E-state index in [1.54, 1.807) is 0 Å². The van der Waals surface area contributed by atoms with Crippen molar-refractivity contribution in [1.29, 1.82) is 0 Å². The van der Waals surface area contributed by atoms with E-state index in [-0.39, 0.29) is 11.9 Å². The average Bonchev–Trinajstić information content (AvgIpc) is 3.21. The Kier molecular flexibility index (Phi) is 3.84. The number of para-hydroxylation sites is 2. The minimum absolute atomic E-state index is 0.195. The van der Waals surface area contributed by atoms with E-state index in [4.69, 9.17) is 13.9 Å². The molecule has 2 fully saturated rings. The molecule has 1 atom stereocenters. The van der Waals surface area contributed by atoms with Crippen LogP contribution in [0.4, 0.5) is 6.01 Å². The van der Waals surface area contributed by atoms with E-state index >= 15 is 0 Å². The predicted molar refractivity (Wildman–Crippen MR) is 84.4 cm³/mol. The predicted octanol–water partition coefficient (Wildman–Crippen LogP) is 1.90. The molecule has 7 nitrogen and oxygen atoms in total. The molecule has 0 spiro atoms. The van der Waals surface area contributed by atoms with E-state index in [1.165, 1.54) is 0 Å². The number of piperidine rings is 1. The molecule has 2 aliphatic heterocycles. The number of rotatable bonds is 3. The smallest absolute Gasteiger partial charge is 0.347 e. The van der Waals surface area contributed by atoms with E-state index in [1.807, 2.05) is 29.2 Å². The second-order valence-corrected chi connectivity index (χ2v) is 6.11. The standard InChI is InChI=1S/C17H18N2O5/c20-15(23-14-7-10-22-16(14)21)11-5-8-19(9-6-11)17-18-12-3-1-2-4-13(12)24-17/h1-4,11,14H,5-10H2/t14-/m0/s1. The van der Waals surface area contributed by atoms with Gasteiger partial charge in [-0.05, 0) is 25.0 Å². The maximum atomic E-state index is 12.2. The fraction of sp³-hybridized carbons (Fsp3) is 0.471. The summed E-state index contributed by atoms with van der Waals surface area (Å²) >= 11 is 0. The van der Waals surface area contributed by atoms with Gasteiger partial charge in [-0.2, -0.15) is 4.98 Å². The Morgan fingerprint density at radius 2 is 2.00 bits per heavy atom. The van der Waals surface area contributed by atoms with Crippen LogP contribution in [0, 0.1) is 5.92 Å². The largest absolute Gasteiger partial charge is 0.463 e. The number of benzene rings is 1. The minimum atomic E-state index is -0.729. The van der Waals surface area contributed by atoms with E-state index in [0.717, 1.165) is 11.1 Å². The van der Waals surface area contributed by atoms with Gasteiger partial charge in [-0.1, -0.05) is 12.1 Å². The van der Waals surface area contributed by atoms with Gasteiger partial charge in [-0.25, -0.2) is 4.79 Å². The monoisotopic (exact) mass is 330 g/mol. The van der Waals surface area contributed by atoms with Gasteiger partial charge in [-0.3, -0.25) is 4.79 Å². The Balaban J connectivity index is 1.36. The van der Waals surface area contributed by atoms with Crippen LogP contribution in [-0.2, 0) is 19.1 Å². The first-order valence-corrected chi connectivity index (χ1v) is 8.18. The number of nitrogens with zero attached hydrogens (tertiary/aromatic N) is 2. The Hall–Kier alpha value is -2.57. The minimum Gasteiger partial charge on any atom is -0.463 e. The first-order chi connectivity index (χ1) is 11.7. The van der Waals surface area contributed by atoms with Crippen molar-refractivity contribution in [3.05, 3.63) is 24.3 Å².